The Morgan fingerprint density at radius 1 is 1.50 bits per heavy atom. The Hall–Kier alpha value is -1.03. The highest BCUT2D eigenvalue weighted by molar-refractivity contribution is 9.10. The molecule has 0 bridgehead atoms. The Morgan fingerprint density at radius 2 is 2.17 bits per heavy atom. The molecule has 0 saturated carbocycles. The normalized spacial score (nSPS) is 12.1. The van der Waals surface area contributed by atoms with Gasteiger partial charge in [-0.15, -0.1) is 0 Å². The summed E-state index contributed by atoms with van der Waals surface area (Å²) in [5.41, 5.74) is 2.33. The molecule has 1 atom stereocenters. The van der Waals surface area contributed by atoms with Crippen LogP contribution in [0.4, 0.5) is 5.69 Å². The standard InChI is InChI=1S/C14H20BrNO2/c1-5-11(14(17)18-4)9-16(3)13-8-12(15)7-6-10(13)2/h6-8,11H,5,9H2,1-4H3. The van der Waals surface area contributed by atoms with Crippen molar-refractivity contribution in [2.45, 2.75) is 20.3 Å². The van der Waals surface area contributed by atoms with Gasteiger partial charge in [-0.25, -0.2) is 0 Å². The summed E-state index contributed by atoms with van der Waals surface area (Å²) in [5.74, 6) is -0.226. The third kappa shape index (κ3) is 3.73. The molecular formula is C14H20BrNO2. The number of halogens is 1. The molecule has 0 aliphatic heterocycles. The molecule has 100 valence electrons. The molecule has 1 aromatic rings. The third-order valence-electron chi connectivity index (χ3n) is 3.10. The van der Waals surface area contributed by atoms with Gasteiger partial charge in [0.25, 0.3) is 0 Å². The molecule has 0 saturated heterocycles. The Balaban J connectivity index is 2.83. The van der Waals surface area contributed by atoms with Crippen molar-refractivity contribution in [3.8, 4) is 0 Å². The zero-order chi connectivity index (χ0) is 13.7. The third-order valence-corrected chi connectivity index (χ3v) is 3.60. The molecule has 1 aromatic carbocycles. The second-order valence-electron chi connectivity index (χ2n) is 4.44. The van der Waals surface area contributed by atoms with Gasteiger partial charge in [0.1, 0.15) is 0 Å². The second-order valence-corrected chi connectivity index (χ2v) is 5.36. The fourth-order valence-corrected chi connectivity index (χ4v) is 2.31. The van der Waals surface area contributed by atoms with Crippen molar-refractivity contribution >= 4 is 27.6 Å². The lowest BCUT2D eigenvalue weighted by Crippen LogP contribution is -2.31. The first-order valence-corrected chi connectivity index (χ1v) is 6.84. The molecular weight excluding hydrogens is 294 g/mol. The van der Waals surface area contributed by atoms with Crippen molar-refractivity contribution in [1.29, 1.82) is 0 Å². The van der Waals surface area contributed by atoms with Gasteiger partial charge in [-0.1, -0.05) is 28.9 Å². The summed E-state index contributed by atoms with van der Waals surface area (Å²) in [6.07, 6.45) is 0.782. The van der Waals surface area contributed by atoms with Gasteiger partial charge < -0.3 is 9.64 Å². The Morgan fingerprint density at radius 3 is 2.72 bits per heavy atom. The molecule has 0 aromatic heterocycles. The highest BCUT2D eigenvalue weighted by atomic mass is 79.9. The van der Waals surface area contributed by atoms with E-state index in [0.717, 1.165) is 16.6 Å². The van der Waals surface area contributed by atoms with Crippen LogP contribution in [0.1, 0.15) is 18.9 Å². The van der Waals surface area contributed by atoms with Crippen LogP contribution in [0.15, 0.2) is 22.7 Å². The van der Waals surface area contributed by atoms with E-state index in [1.54, 1.807) is 0 Å². The molecule has 0 N–H and O–H groups in total. The summed E-state index contributed by atoms with van der Waals surface area (Å²) in [6, 6.07) is 6.15. The van der Waals surface area contributed by atoms with E-state index in [1.165, 1.54) is 12.7 Å². The number of aryl methyl sites for hydroxylation is 1. The Kier molecular flexibility index (Phi) is 5.66. The summed E-state index contributed by atoms with van der Waals surface area (Å²) >= 11 is 3.47. The first kappa shape index (κ1) is 15.0. The fourth-order valence-electron chi connectivity index (χ4n) is 1.96. The number of methoxy groups -OCH3 is 1. The van der Waals surface area contributed by atoms with E-state index in [2.05, 4.69) is 39.9 Å². The van der Waals surface area contributed by atoms with Gasteiger partial charge in [-0.3, -0.25) is 4.79 Å². The van der Waals surface area contributed by atoms with E-state index in [1.807, 2.05) is 20.0 Å². The summed E-state index contributed by atoms with van der Waals surface area (Å²) < 4.78 is 5.86. The Labute approximate surface area is 117 Å². The number of nitrogens with zero attached hydrogens (tertiary/aromatic N) is 1. The van der Waals surface area contributed by atoms with E-state index in [4.69, 9.17) is 4.74 Å². The molecule has 4 heteroatoms. The minimum absolute atomic E-state index is 0.0848. The molecule has 18 heavy (non-hydrogen) atoms. The summed E-state index contributed by atoms with van der Waals surface area (Å²) in [4.78, 5) is 13.7. The first-order valence-electron chi connectivity index (χ1n) is 6.04. The zero-order valence-corrected chi connectivity index (χ0v) is 13.0. The molecule has 0 aliphatic carbocycles. The minimum atomic E-state index is -0.142. The quantitative estimate of drug-likeness (QED) is 0.780. The smallest absolute Gasteiger partial charge is 0.310 e. The van der Waals surface area contributed by atoms with Crippen LogP contribution in [0.3, 0.4) is 0 Å². The van der Waals surface area contributed by atoms with Crippen LogP contribution >= 0.6 is 15.9 Å². The van der Waals surface area contributed by atoms with Gasteiger partial charge in [0.2, 0.25) is 0 Å². The second kappa shape index (κ2) is 6.78. The van der Waals surface area contributed by atoms with E-state index < -0.39 is 0 Å². The molecule has 0 amide bonds. The molecule has 1 rings (SSSR count). The van der Waals surface area contributed by atoms with Crippen LogP contribution in [-0.2, 0) is 9.53 Å². The number of rotatable bonds is 5. The fraction of sp³-hybridized carbons (Fsp3) is 0.500. The number of carbonyl (C=O) groups excluding carboxylic acids is 1. The lowest BCUT2D eigenvalue weighted by Gasteiger charge is -2.25. The van der Waals surface area contributed by atoms with Crippen molar-refractivity contribution < 1.29 is 9.53 Å². The van der Waals surface area contributed by atoms with Crippen molar-refractivity contribution in [3.63, 3.8) is 0 Å². The minimum Gasteiger partial charge on any atom is -0.469 e. The van der Waals surface area contributed by atoms with Crippen molar-refractivity contribution in [3.05, 3.63) is 28.2 Å². The van der Waals surface area contributed by atoms with Gasteiger partial charge in [-0.05, 0) is 31.0 Å². The van der Waals surface area contributed by atoms with E-state index in [9.17, 15) is 4.79 Å². The molecule has 3 nitrogen and oxygen atoms in total. The highest BCUT2D eigenvalue weighted by Crippen LogP contribution is 2.24. The van der Waals surface area contributed by atoms with Gasteiger partial charge >= 0.3 is 5.97 Å². The zero-order valence-electron chi connectivity index (χ0n) is 11.4. The topological polar surface area (TPSA) is 29.5 Å². The van der Waals surface area contributed by atoms with Crippen molar-refractivity contribution in [2.75, 3.05) is 25.6 Å². The van der Waals surface area contributed by atoms with Crippen LogP contribution < -0.4 is 4.90 Å². The molecule has 0 spiro atoms. The van der Waals surface area contributed by atoms with E-state index >= 15 is 0 Å². The Bertz CT molecular complexity index is 420. The van der Waals surface area contributed by atoms with Crippen LogP contribution in [0, 0.1) is 12.8 Å². The van der Waals surface area contributed by atoms with Gasteiger partial charge in [0.15, 0.2) is 0 Å². The summed E-state index contributed by atoms with van der Waals surface area (Å²) in [7, 11) is 3.44. The van der Waals surface area contributed by atoms with Crippen LogP contribution in [0.5, 0.6) is 0 Å². The maximum atomic E-state index is 11.6. The van der Waals surface area contributed by atoms with Gasteiger partial charge in [0.05, 0.1) is 13.0 Å². The SMILES string of the molecule is CCC(CN(C)c1cc(Br)ccc1C)C(=O)OC. The monoisotopic (exact) mass is 313 g/mol. The van der Waals surface area contributed by atoms with Gasteiger partial charge in [0, 0.05) is 23.8 Å². The molecule has 0 fully saturated rings. The molecule has 0 radical (unpaired) electrons. The highest BCUT2D eigenvalue weighted by Gasteiger charge is 2.19. The van der Waals surface area contributed by atoms with Gasteiger partial charge in [-0.2, -0.15) is 0 Å². The maximum Gasteiger partial charge on any atom is 0.310 e. The predicted octanol–water partition coefficient (Wildman–Crippen LogP) is 3.39. The number of esters is 1. The summed E-state index contributed by atoms with van der Waals surface area (Å²) in [6.45, 7) is 4.74. The van der Waals surface area contributed by atoms with E-state index in [0.29, 0.717) is 6.54 Å². The number of carbonyl (C=O) groups is 1. The average Bonchev–Trinajstić information content (AvgIpc) is 2.37. The summed E-state index contributed by atoms with van der Waals surface area (Å²) in [5, 5.41) is 0. The molecule has 0 aliphatic rings. The predicted molar refractivity (Wildman–Crippen MR) is 77.9 cm³/mol. The van der Waals surface area contributed by atoms with Crippen molar-refractivity contribution in [1.82, 2.24) is 0 Å². The molecule has 0 heterocycles. The average molecular weight is 314 g/mol. The lowest BCUT2D eigenvalue weighted by molar-refractivity contribution is -0.145. The number of ether oxygens (including phenoxy) is 1. The van der Waals surface area contributed by atoms with Crippen LogP contribution in [0.2, 0.25) is 0 Å². The lowest BCUT2D eigenvalue weighted by atomic mass is 10.1. The largest absolute Gasteiger partial charge is 0.469 e. The van der Waals surface area contributed by atoms with E-state index in [-0.39, 0.29) is 11.9 Å². The number of anilines is 1. The number of benzene rings is 1. The number of hydrogen-bond donors (Lipinski definition) is 0. The van der Waals surface area contributed by atoms with Crippen LogP contribution in [0.25, 0.3) is 0 Å². The number of hydrogen-bond acceptors (Lipinski definition) is 3. The van der Waals surface area contributed by atoms with Crippen molar-refractivity contribution in [2.24, 2.45) is 5.92 Å². The first-order chi connectivity index (χ1) is 8.49. The maximum absolute atomic E-state index is 11.6. The van der Waals surface area contributed by atoms with Crippen LogP contribution in [-0.4, -0.2) is 26.7 Å². The molecule has 1 unspecified atom stereocenters.